The van der Waals surface area contributed by atoms with Crippen molar-refractivity contribution in [3.05, 3.63) is 11.6 Å². The Morgan fingerprint density at radius 1 is 1.09 bits per heavy atom. The van der Waals surface area contributed by atoms with Gasteiger partial charge in [0.1, 0.15) is 0 Å². The van der Waals surface area contributed by atoms with E-state index in [2.05, 4.69) is 46.1 Å². The van der Waals surface area contributed by atoms with Crippen LogP contribution in [0.3, 0.4) is 0 Å². The summed E-state index contributed by atoms with van der Waals surface area (Å²) in [7, 11) is 2.20. The van der Waals surface area contributed by atoms with Crippen molar-refractivity contribution < 1.29 is 0 Å². The number of hydrogen-bond acceptors (Lipinski definition) is 1. The highest BCUT2D eigenvalue weighted by atomic mass is 14.9. The fourth-order valence-corrected chi connectivity index (χ4v) is 7.82. The minimum absolute atomic E-state index is 0.539. The van der Waals surface area contributed by atoms with Crippen molar-refractivity contribution in [1.82, 2.24) is 5.32 Å². The smallest absolute Gasteiger partial charge is 0.0146 e. The van der Waals surface area contributed by atoms with Gasteiger partial charge in [0.25, 0.3) is 0 Å². The Hall–Kier alpha value is -0.300. The Labute approximate surface area is 143 Å². The summed E-state index contributed by atoms with van der Waals surface area (Å²) in [6.07, 6.45) is 12.8. The summed E-state index contributed by atoms with van der Waals surface area (Å²) in [5, 5.41) is 3.71. The molecule has 1 heteroatoms. The molecule has 4 aliphatic rings. The molecule has 1 N–H and O–H groups in total. The van der Waals surface area contributed by atoms with Crippen LogP contribution in [0.15, 0.2) is 11.6 Å². The van der Waals surface area contributed by atoms with Crippen molar-refractivity contribution in [2.45, 2.75) is 78.7 Å². The molecule has 0 heterocycles. The average molecular weight is 316 g/mol. The Balaban J connectivity index is 1.67. The molecule has 0 saturated heterocycles. The minimum Gasteiger partial charge on any atom is -0.316 e. The molecule has 3 fully saturated rings. The van der Waals surface area contributed by atoms with E-state index in [-0.39, 0.29) is 0 Å². The quantitative estimate of drug-likeness (QED) is 0.637. The molecule has 130 valence electrons. The zero-order chi connectivity index (χ0) is 16.4. The largest absolute Gasteiger partial charge is 0.316 e. The minimum atomic E-state index is 0.539. The van der Waals surface area contributed by atoms with Crippen LogP contribution < -0.4 is 5.32 Å². The van der Waals surface area contributed by atoms with Crippen molar-refractivity contribution in [1.29, 1.82) is 0 Å². The van der Waals surface area contributed by atoms with Gasteiger partial charge in [-0.1, -0.05) is 39.3 Å². The summed E-state index contributed by atoms with van der Waals surface area (Å²) in [6.45, 7) is 10.2. The van der Waals surface area contributed by atoms with Crippen molar-refractivity contribution >= 4 is 0 Å². The van der Waals surface area contributed by atoms with Crippen molar-refractivity contribution in [3.8, 4) is 0 Å². The van der Waals surface area contributed by atoms with Crippen molar-refractivity contribution in [2.75, 3.05) is 7.05 Å². The van der Waals surface area contributed by atoms with E-state index in [1.807, 2.05) is 5.57 Å². The molecule has 0 bridgehead atoms. The lowest BCUT2D eigenvalue weighted by Gasteiger charge is -2.58. The lowest BCUT2D eigenvalue weighted by molar-refractivity contribution is -0.0360. The highest BCUT2D eigenvalue weighted by Crippen LogP contribution is 2.65. The lowest BCUT2D eigenvalue weighted by atomic mass is 9.47. The van der Waals surface area contributed by atoms with Gasteiger partial charge in [0.15, 0.2) is 0 Å². The maximum Gasteiger partial charge on any atom is 0.0146 e. The third kappa shape index (κ3) is 2.14. The van der Waals surface area contributed by atoms with Crippen LogP contribution in [0.4, 0.5) is 0 Å². The first-order valence-electron chi connectivity index (χ1n) is 10.3. The highest BCUT2D eigenvalue weighted by Gasteiger charge is 2.59. The maximum atomic E-state index is 3.71. The van der Waals surface area contributed by atoms with Gasteiger partial charge in [-0.25, -0.2) is 0 Å². The Morgan fingerprint density at radius 2 is 1.87 bits per heavy atom. The molecule has 4 rings (SSSR count). The van der Waals surface area contributed by atoms with Gasteiger partial charge in [0.05, 0.1) is 0 Å². The molecule has 8 atom stereocenters. The molecule has 0 aromatic carbocycles. The van der Waals surface area contributed by atoms with Crippen LogP contribution in [0.1, 0.15) is 72.6 Å². The summed E-state index contributed by atoms with van der Waals surface area (Å²) < 4.78 is 0. The van der Waals surface area contributed by atoms with Gasteiger partial charge in [-0.05, 0) is 92.4 Å². The highest BCUT2D eigenvalue weighted by molar-refractivity contribution is 5.25. The molecule has 3 saturated carbocycles. The number of allylic oxidation sites excluding steroid dienone is 2. The standard InChI is InChI=1S/C22H37N/c1-14-8-10-21(3)16(12-14)6-7-17-18(21)9-11-22(4)19(17)13-15(2)20(22)23-5/h6,14-15,17-20,23H,7-13H2,1-5H3. The maximum absolute atomic E-state index is 3.71. The third-order valence-corrected chi connectivity index (χ3v) is 9.00. The Morgan fingerprint density at radius 3 is 2.61 bits per heavy atom. The fourth-order valence-electron chi connectivity index (χ4n) is 7.82. The molecule has 1 nitrogen and oxygen atoms in total. The van der Waals surface area contributed by atoms with Crippen molar-refractivity contribution in [2.24, 2.45) is 40.4 Å². The molecule has 0 amide bonds. The molecule has 0 aliphatic heterocycles. The third-order valence-electron chi connectivity index (χ3n) is 9.00. The second-order valence-electron chi connectivity index (χ2n) is 10.1. The summed E-state index contributed by atoms with van der Waals surface area (Å²) in [4.78, 5) is 0. The van der Waals surface area contributed by atoms with Crippen LogP contribution in [-0.2, 0) is 0 Å². The first kappa shape index (κ1) is 16.2. The van der Waals surface area contributed by atoms with E-state index >= 15 is 0 Å². The zero-order valence-corrected chi connectivity index (χ0v) is 16.0. The zero-order valence-electron chi connectivity index (χ0n) is 16.0. The second kappa shape index (κ2) is 5.35. The molecular formula is C22H37N. The van der Waals surface area contributed by atoms with E-state index in [9.17, 15) is 0 Å². The monoisotopic (exact) mass is 315 g/mol. The van der Waals surface area contributed by atoms with Gasteiger partial charge in [-0.2, -0.15) is 0 Å². The molecule has 0 radical (unpaired) electrons. The predicted octanol–water partition coefficient (Wildman–Crippen LogP) is 5.42. The van der Waals surface area contributed by atoms with Crippen LogP contribution in [0.5, 0.6) is 0 Å². The number of hydrogen-bond donors (Lipinski definition) is 1. The number of fused-ring (bicyclic) bond motifs is 5. The van der Waals surface area contributed by atoms with Gasteiger partial charge in [0, 0.05) is 6.04 Å². The number of nitrogens with one attached hydrogen (secondary N) is 1. The van der Waals surface area contributed by atoms with Gasteiger partial charge >= 0.3 is 0 Å². The van der Waals surface area contributed by atoms with Crippen LogP contribution in [0.2, 0.25) is 0 Å². The number of rotatable bonds is 1. The van der Waals surface area contributed by atoms with Crippen LogP contribution in [0.25, 0.3) is 0 Å². The van der Waals surface area contributed by atoms with E-state index in [0.29, 0.717) is 10.8 Å². The van der Waals surface area contributed by atoms with E-state index in [0.717, 1.165) is 35.6 Å². The van der Waals surface area contributed by atoms with Crippen LogP contribution in [-0.4, -0.2) is 13.1 Å². The summed E-state index contributed by atoms with van der Waals surface area (Å²) in [5.41, 5.74) is 2.92. The van der Waals surface area contributed by atoms with E-state index in [1.165, 1.54) is 44.9 Å². The topological polar surface area (TPSA) is 12.0 Å². The average Bonchev–Trinajstić information content (AvgIpc) is 2.77. The van der Waals surface area contributed by atoms with Crippen LogP contribution in [0, 0.1) is 40.4 Å². The predicted molar refractivity (Wildman–Crippen MR) is 98.3 cm³/mol. The molecule has 4 aliphatic carbocycles. The van der Waals surface area contributed by atoms with Gasteiger partial charge in [0.2, 0.25) is 0 Å². The van der Waals surface area contributed by atoms with Crippen molar-refractivity contribution in [3.63, 3.8) is 0 Å². The van der Waals surface area contributed by atoms with E-state index in [4.69, 9.17) is 0 Å². The Kier molecular flexibility index (Phi) is 3.76. The summed E-state index contributed by atoms with van der Waals surface area (Å²) in [6, 6.07) is 0.734. The molecule has 0 spiro atoms. The normalized spacial score (nSPS) is 55.6. The van der Waals surface area contributed by atoms with E-state index in [1.54, 1.807) is 0 Å². The van der Waals surface area contributed by atoms with Gasteiger partial charge < -0.3 is 5.32 Å². The van der Waals surface area contributed by atoms with Gasteiger partial charge in [-0.15, -0.1) is 0 Å². The molecule has 0 aromatic rings. The molecule has 23 heavy (non-hydrogen) atoms. The SMILES string of the molecule is CNC1C(C)CC2C3CC=C4CC(C)CCC4(C)C3CCC21C. The summed E-state index contributed by atoms with van der Waals surface area (Å²) in [5.74, 6) is 4.63. The molecule has 8 unspecified atom stereocenters. The van der Waals surface area contributed by atoms with Crippen LogP contribution >= 0.6 is 0 Å². The second-order valence-corrected chi connectivity index (χ2v) is 10.1. The fraction of sp³-hybridized carbons (Fsp3) is 0.909. The first-order valence-corrected chi connectivity index (χ1v) is 10.3. The molecule has 0 aromatic heterocycles. The lowest BCUT2D eigenvalue weighted by Crippen LogP contribution is -2.53. The Bertz CT molecular complexity index is 508. The van der Waals surface area contributed by atoms with Gasteiger partial charge in [-0.3, -0.25) is 0 Å². The van der Waals surface area contributed by atoms with E-state index < -0.39 is 0 Å². The first-order chi connectivity index (χ1) is 10.9. The molecular weight excluding hydrogens is 278 g/mol. The summed E-state index contributed by atoms with van der Waals surface area (Å²) >= 11 is 0.